The molecule has 0 aliphatic rings. The van der Waals surface area contributed by atoms with Gasteiger partial charge in [-0.15, -0.1) is 0 Å². The lowest BCUT2D eigenvalue weighted by Crippen LogP contribution is -2.50. The molecule has 1 unspecified atom stereocenters. The second-order valence-electron chi connectivity index (χ2n) is 5.68. The molecule has 0 aromatic heterocycles. The van der Waals surface area contributed by atoms with E-state index in [2.05, 4.69) is 5.32 Å². The van der Waals surface area contributed by atoms with Crippen molar-refractivity contribution in [1.82, 2.24) is 5.32 Å². The number of rotatable bonds is 5. The summed E-state index contributed by atoms with van der Waals surface area (Å²) in [6, 6.07) is -0.373. The fraction of sp³-hybridized carbons (Fsp3) is 0.846. The van der Waals surface area contributed by atoms with Crippen molar-refractivity contribution in [2.45, 2.75) is 60.4 Å². The first-order chi connectivity index (χ1) is 7.20. The number of Topliss-reactive ketones (excluding diaryl/α,β-unsaturated/α-hetero) is 1. The van der Waals surface area contributed by atoms with Crippen molar-refractivity contribution in [2.24, 2.45) is 11.3 Å². The van der Waals surface area contributed by atoms with E-state index in [1.54, 1.807) is 0 Å². The van der Waals surface area contributed by atoms with Gasteiger partial charge in [-0.05, 0) is 11.8 Å². The predicted molar refractivity (Wildman–Crippen MR) is 66.1 cm³/mol. The Morgan fingerprint density at radius 1 is 1.19 bits per heavy atom. The number of ketones is 1. The lowest BCUT2D eigenvalue weighted by Gasteiger charge is -2.30. The van der Waals surface area contributed by atoms with E-state index in [1.165, 1.54) is 0 Å². The topological polar surface area (TPSA) is 46.2 Å². The van der Waals surface area contributed by atoms with Crippen LogP contribution in [0.3, 0.4) is 0 Å². The van der Waals surface area contributed by atoms with Gasteiger partial charge in [0.2, 0.25) is 5.91 Å². The molecule has 1 atom stereocenters. The third-order valence-electron chi connectivity index (χ3n) is 2.50. The second-order valence-corrected chi connectivity index (χ2v) is 5.68. The Bertz CT molecular complexity index is 251. The molecule has 0 rings (SSSR count). The molecular weight excluding hydrogens is 202 g/mol. The van der Waals surface area contributed by atoms with Crippen LogP contribution in [0, 0.1) is 11.3 Å². The van der Waals surface area contributed by atoms with Crippen molar-refractivity contribution < 1.29 is 9.59 Å². The Kier molecular flexibility index (Phi) is 5.70. The van der Waals surface area contributed by atoms with E-state index in [9.17, 15) is 9.59 Å². The van der Waals surface area contributed by atoms with Gasteiger partial charge in [0, 0.05) is 12.3 Å². The number of carbonyl (C=O) groups is 2. The van der Waals surface area contributed by atoms with Crippen LogP contribution in [-0.4, -0.2) is 17.7 Å². The minimum atomic E-state index is -0.373. The molecule has 3 nitrogen and oxygen atoms in total. The lowest BCUT2D eigenvalue weighted by molar-refractivity contribution is -0.131. The van der Waals surface area contributed by atoms with E-state index in [4.69, 9.17) is 0 Å². The zero-order valence-corrected chi connectivity index (χ0v) is 11.4. The quantitative estimate of drug-likeness (QED) is 0.784. The molecule has 16 heavy (non-hydrogen) atoms. The number of hydrogen-bond acceptors (Lipinski definition) is 2. The Labute approximate surface area is 99.0 Å². The van der Waals surface area contributed by atoms with Gasteiger partial charge in [0.05, 0.1) is 6.04 Å². The van der Waals surface area contributed by atoms with Gasteiger partial charge in [0.15, 0.2) is 5.78 Å². The summed E-state index contributed by atoms with van der Waals surface area (Å²) in [5, 5.41) is 2.85. The van der Waals surface area contributed by atoms with Crippen LogP contribution in [-0.2, 0) is 9.59 Å². The normalized spacial score (nSPS) is 13.7. The first-order valence-corrected chi connectivity index (χ1v) is 6.03. The monoisotopic (exact) mass is 227 g/mol. The molecular formula is C13H25NO2. The third kappa shape index (κ3) is 4.77. The van der Waals surface area contributed by atoms with Crippen LogP contribution >= 0.6 is 0 Å². The van der Waals surface area contributed by atoms with Crippen molar-refractivity contribution >= 4 is 11.7 Å². The van der Waals surface area contributed by atoms with Crippen molar-refractivity contribution in [3.63, 3.8) is 0 Å². The maximum atomic E-state index is 11.9. The highest BCUT2D eigenvalue weighted by molar-refractivity contribution is 5.90. The average molecular weight is 227 g/mol. The standard InChI is InChI=1S/C13H25NO2/c1-7-8-10(15)11(13(4,5)6)14-12(16)9(2)3/h9,11H,7-8H2,1-6H3,(H,14,16). The van der Waals surface area contributed by atoms with Gasteiger partial charge in [-0.2, -0.15) is 0 Å². The first-order valence-electron chi connectivity index (χ1n) is 6.03. The molecule has 94 valence electrons. The molecule has 0 bridgehead atoms. The minimum absolute atomic E-state index is 0.0515. The highest BCUT2D eigenvalue weighted by Gasteiger charge is 2.32. The van der Waals surface area contributed by atoms with Crippen LogP contribution in [0.5, 0.6) is 0 Å². The van der Waals surface area contributed by atoms with Gasteiger partial charge < -0.3 is 5.32 Å². The zero-order chi connectivity index (χ0) is 12.9. The predicted octanol–water partition coefficient (Wildman–Crippen LogP) is 2.54. The van der Waals surface area contributed by atoms with Crippen molar-refractivity contribution in [3.05, 3.63) is 0 Å². The van der Waals surface area contributed by atoms with Crippen molar-refractivity contribution in [3.8, 4) is 0 Å². The molecule has 0 saturated heterocycles. The second kappa shape index (κ2) is 6.02. The molecule has 0 radical (unpaired) electrons. The maximum Gasteiger partial charge on any atom is 0.223 e. The summed E-state index contributed by atoms with van der Waals surface area (Å²) < 4.78 is 0. The van der Waals surface area contributed by atoms with E-state index in [0.29, 0.717) is 6.42 Å². The van der Waals surface area contributed by atoms with Crippen LogP contribution in [0.4, 0.5) is 0 Å². The molecule has 3 heteroatoms. The van der Waals surface area contributed by atoms with Gasteiger partial charge in [0.25, 0.3) is 0 Å². The largest absolute Gasteiger partial charge is 0.346 e. The molecule has 1 N–H and O–H groups in total. The number of carbonyl (C=O) groups excluding carboxylic acids is 2. The molecule has 0 spiro atoms. The van der Waals surface area contributed by atoms with Crippen LogP contribution < -0.4 is 5.32 Å². The van der Waals surface area contributed by atoms with E-state index in [-0.39, 0.29) is 29.1 Å². The molecule has 1 amide bonds. The summed E-state index contributed by atoms with van der Waals surface area (Å²) in [6.07, 6.45) is 1.35. The average Bonchev–Trinajstić information content (AvgIpc) is 2.11. The van der Waals surface area contributed by atoms with Gasteiger partial charge in [0.1, 0.15) is 0 Å². The van der Waals surface area contributed by atoms with E-state index in [1.807, 2.05) is 41.5 Å². The summed E-state index contributed by atoms with van der Waals surface area (Å²) in [4.78, 5) is 23.6. The highest BCUT2D eigenvalue weighted by atomic mass is 16.2. The van der Waals surface area contributed by atoms with E-state index in [0.717, 1.165) is 6.42 Å². The maximum absolute atomic E-state index is 11.9. The summed E-state index contributed by atoms with van der Waals surface area (Å²) in [5.74, 6) is -0.00680. The Hall–Kier alpha value is -0.860. The number of nitrogens with one attached hydrogen (secondary N) is 1. The molecule has 0 saturated carbocycles. The third-order valence-corrected chi connectivity index (χ3v) is 2.50. The van der Waals surface area contributed by atoms with Crippen LogP contribution in [0.1, 0.15) is 54.4 Å². The number of amides is 1. The van der Waals surface area contributed by atoms with Gasteiger partial charge in [-0.3, -0.25) is 9.59 Å². The van der Waals surface area contributed by atoms with Gasteiger partial charge >= 0.3 is 0 Å². The van der Waals surface area contributed by atoms with Crippen molar-refractivity contribution in [1.29, 1.82) is 0 Å². The van der Waals surface area contributed by atoms with Gasteiger partial charge in [-0.25, -0.2) is 0 Å². The Morgan fingerprint density at radius 2 is 1.69 bits per heavy atom. The molecule has 0 fully saturated rings. The Morgan fingerprint density at radius 3 is 2.00 bits per heavy atom. The van der Waals surface area contributed by atoms with Crippen LogP contribution in [0.25, 0.3) is 0 Å². The minimum Gasteiger partial charge on any atom is -0.346 e. The molecule has 0 aromatic carbocycles. The summed E-state index contributed by atoms with van der Waals surface area (Å²) in [5.41, 5.74) is -0.225. The molecule has 0 aromatic rings. The smallest absolute Gasteiger partial charge is 0.223 e. The first kappa shape index (κ1) is 15.1. The van der Waals surface area contributed by atoms with E-state index < -0.39 is 0 Å². The van der Waals surface area contributed by atoms with Crippen molar-refractivity contribution in [2.75, 3.05) is 0 Å². The lowest BCUT2D eigenvalue weighted by atomic mass is 9.82. The summed E-state index contributed by atoms with van der Waals surface area (Å²) in [7, 11) is 0. The summed E-state index contributed by atoms with van der Waals surface area (Å²) >= 11 is 0. The fourth-order valence-corrected chi connectivity index (χ4v) is 1.48. The highest BCUT2D eigenvalue weighted by Crippen LogP contribution is 2.21. The Balaban J connectivity index is 4.70. The van der Waals surface area contributed by atoms with E-state index >= 15 is 0 Å². The number of hydrogen-bond donors (Lipinski definition) is 1. The molecule has 0 heterocycles. The molecule has 0 aliphatic carbocycles. The molecule has 0 aliphatic heterocycles. The SMILES string of the molecule is CCCC(=O)C(NC(=O)C(C)C)C(C)(C)C. The fourth-order valence-electron chi connectivity index (χ4n) is 1.48. The van der Waals surface area contributed by atoms with Crippen LogP contribution in [0.2, 0.25) is 0 Å². The van der Waals surface area contributed by atoms with Crippen LogP contribution in [0.15, 0.2) is 0 Å². The van der Waals surface area contributed by atoms with Gasteiger partial charge in [-0.1, -0.05) is 41.5 Å². The zero-order valence-electron chi connectivity index (χ0n) is 11.4. The summed E-state index contributed by atoms with van der Waals surface area (Å²) in [6.45, 7) is 11.6.